The van der Waals surface area contributed by atoms with Crippen LogP contribution in [0, 0.1) is 0 Å². The van der Waals surface area contributed by atoms with Gasteiger partial charge < -0.3 is 14.3 Å². The van der Waals surface area contributed by atoms with Gasteiger partial charge in [-0.3, -0.25) is 0 Å². The van der Waals surface area contributed by atoms with Crippen LogP contribution in [0.5, 0.6) is 11.5 Å². The van der Waals surface area contributed by atoms with Gasteiger partial charge in [0.15, 0.2) is 0 Å². The molecule has 0 spiro atoms. The summed E-state index contributed by atoms with van der Waals surface area (Å²) in [5.74, 6) is 1.65. The molecular formula is C36H24N2O. The van der Waals surface area contributed by atoms with Crippen molar-refractivity contribution in [2.45, 2.75) is 0 Å². The van der Waals surface area contributed by atoms with Crippen molar-refractivity contribution in [1.29, 1.82) is 0 Å². The average molecular weight is 501 g/mol. The van der Waals surface area contributed by atoms with E-state index in [4.69, 9.17) is 4.74 Å². The van der Waals surface area contributed by atoms with E-state index < -0.39 is 0 Å². The monoisotopic (exact) mass is 500 g/mol. The van der Waals surface area contributed by atoms with E-state index in [1.54, 1.807) is 0 Å². The number of aromatic amines is 1. The second kappa shape index (κ2) is 8.64. The van der Waals surface area contributed by atoms with Crippen molar-refractivity contribution in [3.05, 3.63) is 140 Å². The Labute approximate surface area is 225 Å². The van der Waals surface area contributed by atoms with Crippen LogP contribution >= 0.6 is 0 Å². The number of aromatic nitrogens is 2. The van der Waals surface area contributed by atoms with Crippen LogP contribution in [-0.4, -0.2) is 9.55 Å². The number of hydrogen-bond acceptors (Lipinski definition) is 1. The van der Waals surface area contributed by atoms with Crippen molar-refractivity contribution in [2.75, 3.05) is 0 Å². The standard InChI is InChI=1S/C36H24N2O/c1-2-8-27(9-3-1)39-28-18-16-26(17-19-28)38-35-13-7-5-11-30(35)32-23-25(15-21-36(32)38)24-14-20-34-31(22-24)29-10-4-6-12-33(29)37-34/h1-23,37H. The molecule has 0 aliphatic carbocycles. The summed E-state index contributed by atoms with van der Waals surface area (Å²) in [4.78, 5) is 3.54. The van der Waals surface area contributed by atoms with Gasteiger partial charge in [-0.1, -0.05) is 66.7 Å². The van der Waals surface area contributed by atoms with E-state index in [0.717, 1.165) is 22.7 Å². The van der Waals surface area contributed by atoms with Gasteiger partial charge in [0.05, 0.1) is 11.0 Å². The predicted molar refractivity (Wildman–Crippen MR) is 162 cm³/mol. The van der Waals surface area contributed by atoms with Crippen molar-refractivity contribution in [1.82, 2.24) is 9.55 Å². The van der Waals surface area contributed by atoms with Crippen molar-refractivity contribution in [3.63, 3.8) is 0 Å². The van der Waals surface area contributed by atoms with E-state index in [0.29, 0.717) is 0 Å². The second-order valence-corrected chi connectivity index (χ2v) is 9.92. The number of fused-ring (bicyclic) bond motifs is 6. The molecule has 0 aliphatic heterocycles. The minimum atomic E-state index is 0.820. The van der Waals surface area contributed by atoms with Crippen molar-refractivity contribution < 1.29 is 4.74 Å². The third-order valence-corrected chi connectivity index (χ3v) is 7.59. The summed E-state index contributed by atoms with van der Waals surface area (Å²) in [5.41, 5.74) is 8.24. The fourth-order valence-electron chi connectivity index (χ4n) is 5.75. The van der Waals surface area contributed by atoms with Crippen LogP contribution in [0.15, 0.2) is 140 Å². The van der Waals surface area contributed by atoms with Crippen LogP contribution in [0.4, 0.5) is 0 Å². The van der Waals surface area contributed by atoms with E-state index in [1.807, 2.05) is 42.5 Å². The molecule has 0 saturated heterocycles. The summed E-state index contributed by atoms with van der Waals surface area (Å²) in [6.07, 6.45) is 0. The Kier molecular flexibility index (Phi) is 4.82. The van der Waals surface area contributed by atoms with Gasteiger partial charge in [0.2, 0.25) is 0 Å². The number of hydrogen-bond donors (Lipinski definition) is 1. The molecule has 0 aliphatic rings. The first-order chi connectivity index (χ1) is 19.3. The minimum absolute atomic E-state index is 0.820. The highest BCUT2D eigenvalue weighted by Crippen LogP contribution is 2.37. The Hall–Kier alpha value is -5.28. The maximum Gasteiger partial charge on any atom is 0.127 e. The number of nitrogens with one attached hydrogen (secondary N) is 1. The molecule has 3 heteroatoms. The van der Waals surface area contributed by atoms with Crippen molar-refractivity contribution in [3.8, 4) is 28.3 Å². The maximum atomic E-state index is 6.03. The van der Waals surface area contributed by atoms with Gasteiger partial charge in [-0.15, -0.1) is 0 Å². The normalized spacial score (nSPS) is 11.6. The molecular weight excluding hydrogens is 476 g/mol. The molecule has 39 heavy (non-hydrogen) atoms. The molecule has 0 bridgehead atoms. The smallest absolute Gasteiger partial charge is 0.127 e. The summed E-state index contributed by atoms with van der Waals surface area (Å²) in [6, 6.07) is 48.9. The summed E-state index contributed by atoms with van der Waals surface area (Å²) in [6.45, 7) is 0. The highest BCUT2D eigenvalue weighted by molar-refractivity contribution is 6.11. The summed E-state index contributed by atoms with van der Waals surface area (Å²) in [7, 11) is 0. The number of rotatable bonds is 4. The number of nitrogens with zero attached hydrogens (tertiary/aromatic N) is 1. The third kappa shape index (κ3) is 3.59. The third-order valence-electron chi connectivity index (χ3n) is 7.59. The molecule has 3 nitrogen and oxygen atoms in total. The SMILES string of the molecule is c1ccc(Oc2ccc(-n3c4ccccc4c4cc(-c5ccc6[nH]c7ccccc7c6c5)ccc43)cc2)cc1. The van der Waals surface area contributed by atoms with Crippen molar-refractivity contribution >= 4 is 43.6 Å². The molecule has 8 rings (SSSR count). The first kappa shape index (κ1) is 21.8. The second-order valence-electron chi connectivity index (χ2n) is 9.92. The Balaban J connectivity index is 1.24. The molecule has 0 atom stereocenters. The first-order valence-electron chi connectivity index (χ1n) is 13.2. The van der Waals surface area contributed by atoms with Gasteiger partial charge in [-0.2, -0.15) is 0 Å². The summed E-state index contributed by atoms with van der Waals surface area (Å²) in [5, 5.41) is 4.99. The van der Waals surface area contributed by atoms with Gasteiger partial charge in [0.25, 0.3) is 0 Å². The Bertz CT molecular complexity index is 2130. The molecule has 0 amide bonds. The Morgan fingerprint density at radius 3 is 1.90 bits per heavy atom. The van der Waals surface area contributed by atoms with Gasteiger partial charge in [0.1, 0.15) is 11.5 Å². The van der Waals surface area contributed by atoms with Crippen LogP contribution in [-0.2, 0) is 0 Å². The molecule has 0 fully saturated rings. The van der Waals surface area contributed by atoms with Gasteiger partial charge >= 0.3 is 0 Å². The number of para-hydroxylation sites is 3. The van der Waals surface area contributed by atoms with Gasteiger partial charge in [-0.25, -0.2) is 0 Å². The van der Waals surface area contributed by atoms with Crippen LogP contribution in [0.25, 0.3) is 60.4 Å². The van der Waals surface area contributed by atoms with E-state index in [2.05, 4.69) is 107 Å². The first-order valence-corrected chi connectivity index (χ1v) is 13.2. The summed E-state index contributed by atoms with van der Waals surface area (Å²) >= 11 is 0. The van der Waals surface area contributed by atoms with Crippen LogP contribution in [0.2, 0.25) is 0 Å². The topological polar surface area (TPSA) is 29.9 Å². The van der Waals surface area contributed by atoms with Crippen LogP contribution in [0.3, 0.4) is 0 Å². The molecule has 6 aromatic carbocycles. The maximum absolute atomic E-state index is 6.03. The molecule has 2 aromatic heterocycles. The number of benzene rings is 6. The van der Waals surface area contributed by atoms with Crippen LogP contribution < -0.4 is 4.74 Å². The lowest BCUT2D eigenvalue weighted by molar-refractivity contribution is 0.482. The number of H-pyrrole nitrogens is 1. The lowest BCUT2D eigenvalue weighted by atomic mass is 10.0. The zero-order chi connectivity index (χ0) is 25.8. The lowest BCUT2D eigenvalue weighted by Crippen LogP contribution is -1.94. The highest BCUT2D eigenvalue weighted by Gasteiger charge is 2.14. The Morgan fingerprint density at radius 2 is 1.05 bits per heavy atom. The van der Waals surface area contributed by atoms with E-state index >= 15 is 0 Å². The fourth-order valence-corrected chi connectivity index (χ4v) is 5.75. The average Bonchev–Trinajstić information content (AvgIpc) is 3.53. The molecule has 0 unspecified atom stereocenters. The van der Waals surface area contributed by atoms with E-state index in [9.17, 15) is 0 Å². The fraction of sp³-hybridized carbons (Fsp3) is 0. The molecule has 2 heterocycles. The molecule has 0 radical (unpaired) electrons. The minimum Gasteiger partial charge on any atom is -0.457 e. The zero-order valence-corrected chi connectivity index (χ0v) is 21.1. The van der Waals surface area contributed by atoms with E-state index in [-0.39, 0.29) is 0 Å². The lowest BCUT2D eigenvalue weighted by Gasteiger charge is -2.10. The van der Waals surface area contributed by atoms with Crippen LogP contribution in [0.1, 0.15) is 0 Å². The summed E-state index contributed by atoms with van der Waals surface area (Å²) < 4.78 is 8.37. The Morgan fingerprint density at radius 1 is 0.436 bits per heavy atom. The quantitative estimate of drug-likeness (QED) is 0.256. The van der Waals surface area contributed by atoms with Gasteiger partial charge in [-0.05, 0) is 83.9 Å². The zero-order valence-electron chi connectivity index (χ0n) is 21.1. The largest absolute Gasteiger partial charge is 0.457 e. The van der Waals surface area contributed by atoms with E-state index in [1.165, 1.54) is 49.2 Å². The molecule has 184 valence electrons. The van der Waals surface area contributed by atoms with Gasteiger partial charge in [0, 0.05) is 38.3 Å². The van der Waals surface area contributed by atoms with Crippen molar-refractivity contribution in [2.24, 2.45) is 0 Å². The number of ether oxygens (including phenoxy) is 1. The molecule has 1 N–H and O–H groups in total. The highest BCUT2D eigenvalue weighted by atomic mass is 16.5. The molecule has 8 aromatic rings. The molecule has 0 saturated carbocycles. The predicted octanol–water partition coefficient (Wildman–Crippen LogP) is 9.88.